The Bertz CT molecular complexity index is 701. The molecule has 0 saturated heterocycles. The van der Waals surface area contributed by atoms with Gasteiger partial charge in [-0.1, -0.05) is 25.1 Å². The molecule has 22 heavy (non-hydrogen) atoms. The Balaban J connectivity index is 0.00000176. The van der Waals surface area contributed by atoms with E-state index in [2.05, 4.69) is 43.3 Å². The Morgan fingerprint density at radius 2 is 1.91 bits per heavy atom. The molecule has 3 rings (SSSR count). The van der Waals surface area contributed by atoms with Gasteiger partial charge < -0.3 is 4.79 Å². The summed E-state index contributed by atoms with van der Waals surface area (Å²) in [6.07, 6.45) is 1.43. The van der Waals surface area contributed by atoms with Crippen LogP contribution in [0.4, 0.5) is 0 Å². The topological polar surface area (TPSA) is 17.1 Å². The molecule has 2 aromatic rings. The van der Waals surface area contributed by atoms with E-state index in [-0.39, 0.29) is 38.5 Å². The standard InChI is InChI=1S/C20H18O.Y/c1-14(12-15(2)21)20-18-11-7-6-10-17(18)13-19(20)16-8-4-3-5-9-16;/h3-8,10-11H,12-13H2,1-2H3;/q-2;. The van der Waals surface area contributed by atoms with Crippen molar-refractivity contribution in [2.45, 2.75) is 26.7 Å². The first-order valence-corrected chi connectivity index (χ1v) is 7.27. The molecule has 2 heteroatoms. The van der Waals surface area contributed by atoms with Gasteiger partial charge in [0, 0.05) is 32.7 Å². The van der Waals surface area contributed by atoms with Crippen molar-refractivity contribution >= 4 is 16.9 Å². The maximum Gasteiger partial charge on any atom is 0.122 e. The van der Waals surface area contributed by atoms with E-state index in [4.69, 9.17) is 0 Å². The molecular weight excluding hydrogens is 345 g/mol. The summed E-state index contributed by atoms with van der Waals surface area (Å²) in [5.74, 6) is 1.36. The summed E-state index contributed by atoms with van der Waals surface area (Å²) in [4.78, 5) is 11.5. The third-order valence-electron chi connectivity index (χ3n) is 3.93. The molecule has 1 aliphatic rings. The third kappa shape index (κ3) is 3.42. The Morgan fingerprint density at radius 3 is 2.59 bits per heavy atom. The predicted octanol–water partition coefficient (Wildman–Crippen LogP) is 4.52. The van der Waals surface area contributed by atoms with Crippen LogP contribution in [0.25, 0.3) is 11.1 Å². The molecule has 1 aliphatic carbocycles. The van der Waals surface area contributed by atoms with Crippen molar-refractivity contribution in [1.82, 2.24) is 0 Å². The smallest absolute Gasteiger partial charge is 0.122 e. The van der Waals surface area contributed by atoms with Crippen LogP contribution in [0.3, 0.4) is 0 Å². The van der Waals surface area contributed by atoms with E-state index in [1.54, 1.807) is 6.92 Å². The van der Waals surface area contributed by atoms with E-state index >= 15 is 0 Å². The molecule has 0 spiro atoms. The van der Waals surface area contributed by atoms with Crippen LogP contribution in [0.15, 0.2) is 48.5 Å². The molecule has 0 unspecified atom stereocenters. The summed E-state index contributed by atoms with van der Waals surface area (Å²) in [6.45, 7) is 3.72. The fourth-order valence-corrected chi connectivity index (χ4v) is 3.12. The summed E-state index contributed by atoms with van der Waals surface area (Å²) in [5, 5.41) is 0. The van der Waals surface area contributed by atoms with Crippen molar-refractivity contribution in [1.29, 1.82) is 0 Å². The van der Waals surface area contributed by atoms with Crippen molar-refractivity contribution < 1.29 is 37.5 Å². The zero-order valence-electron chi connectivity index (χ0n) is 13.0. The number of benzene rings is 2. The quantitative estimate of drug-likeness (QED) is 0.730. The molecule has 1 radical (unpaired) electrons. The minimum absolute atomic E-state index is 0. The number of ketones is 1. The van der Waals surface area contributed by atoms with Crippen LogP contribution < -0.4 is 0 Å². The monoisotopic (exact) mass is 363 g/mol. The summed E-state index contributed by atoms with van der Waals surface area (Å²) in [5.41, 5.74) is 6.26. The molecule has 0 aromatic heterocycles. The molecule has 2 aromatic carbocycles. The first-order valence-electron chi connectivity index (χ1n) is 7.27. The van der Waals surface area contributed by atoms with Crippen LogP contribution in [0.1, 0.15) is 37.0 Å². The Labute approximate surface area is 157 Å². The summed E-state index contributed by atoms with van der Waals surface area (Å²) >= 11 is 0. The van der Waals surface area contributed by atoms with Crippen LogP contribution >= 0.6 is 0 Å². The Hall–Kier alpha value is -1.18. The second kappa shape index (κ2) is 7.39. The molecule has 0 atom stereocenters. The minimum atomic E-state index is 0. The SMILES string of the molecule is CC(=O)C[C-](C)C1=C(c2[c-]cccc2)Cc2ccccc21.[Y]. The van der Waals surface area contributed by atoms with Gasteiger partial charge in [-0.2, -0.15) is 11.5 Å². The normalized spacial score (nSPS) is 12.6. The van der Waals surface area contributed by atoms with Crippen molar-refractivity contribution in [3.8, 4) is 0 Å². The van der Waals surface area contributed by atoms with E-state index < -0.39 is 0 Å². The molecule has 109 valence electrons. The number of hydrogen-bond donors (Lipinski definition) is 0. The maximum atomic E-state index is 11.5. The van der Waals surface area contributed by atoms with Gasteiger partial charge in [0.25, 0.3) is 0 Å². The molecule has 0 fully saturated rings. The van der Waals surface area contributed by atoms with Gasteiger partial charge in [0.1, 0.15) is 5.78 Å². The third-order valence-corrected chi connectivity index (χ3v) is 3.93. The van der Waals surface area contributed by atoms with Gasteiger partial charge in [0.05, 0.1) is 0 Å². The second-order valence-electron chi connectivity index (χ2n) is 5.62. The van der Waals surface area contributed by atoms with Gasteiger partial charge in [-0.05, 0) is 19.8 Å². The molecule has 0 bridgehead atoms. The number of carbonyl (C=O) groups is 1. The molecule has 0 saturated carbocycles. The van der Waals surface area contributed by atoms with E-state index in [0.717, 1.165) is 17.9 Å². The molecule has 1 nitrogen and oxygen atoms in total. The molecule has 0 N–H and O–H groups in total. The number of hydrogen-bond acceptors (Lipinski definition) is 1. The summed E-state index contributed by atoms with van der Waals surface area (Å²) in [7, 11) is 0. The summed E-state index contributed by atoms with van der Waals surface area (Å²) < 4.78 is 0. The van der Waals surface area contributed by atoms with Crippen LogP contribution in [0.5, 0.6) is 0 Å². The number of carbonyl (C=O) groups excluding carboxylic acids is 1. The first-order chi connectivity index (χ1) is 10.2. The maximum absolute atomic E-state index is 11.5. The van der Waals surface area contributed by atoms with Crippen molar-refractivity contribution in [3.63, 3.8) is 0 Å². The average Bonchev–Trinajstić information content (AvgIpc) is 2.87. The zero-order chi connectivity index (χ0) is 14.8. The van der Waals surface area contributed by atoms with Crippen molar-refractivity contribution in [2.24, 2.45) is 0 Å². The van der Waals surface area contributed by atoms with Gasteiger partial charge in [0.15, 0.2) is 0 Å². The number of fused-ring (bicyclic) bond motifs is 1. The first kappa shape index (κ1) is 17.2. The number of Topliss-reactive ketones (excluding diaryl/α,β-unsaturated/α-hetero) is 1. The van der Waals surface area contributed by atoms with Crippen molar-refractivity contribution in [3.05, 3.63) is 77.2 Å². The van der Waals surface area contributed by atoms with E-state index in [0.29, 0.717) is 6.42 Å². The van der Waals surface area contributed by atoms with Gasteiger partial charge >= 0.3 is 0 Å². The van der Waals surface area contributed by atoms with E-state index in [1.165, 1.54) is 22.3 Å². The largest absolute Gasteiger partial charge is 0.301 e. The van der Waals surface area contributed by atoms with Crippen LogP contribution in [0.2, 0.25) is 0 Å². The Morgan fingerprint density at radius 1 is 1.18 bits per heavy atom. The zero-order valence-corrected chi connectivity index (χ0v) is 15.9. The average molecular weight is 363 g/mol. The van der Waals surface area contributed by atoms with Crippen molar-refractivity contribution in [2.75, 3.05) is 0 Å². The second-order valence-corrected chi connectivity index (χ2v) is 5.62. The van der Waals surface area contributed by atoms with Gasteiger partial charge in [-0.3, -0.25) is 0 Å². The number of allylic oxidation sites excluding steroid dienone is 2. The molecule has 0 heterocycles. The van der Waals surface area contributed by atoms with E-state index in [9.17, 15) is 4.79 Å². The molecular formula is C20H18OY-2. The van der Waals surface area contributed by atoms with Gasteiger partial charge in [0.2, 0.25) is 0 Å². The predicted molar refractivity (Wildman–Crippen MR) is 86.5 cm³/mol. The fraction of sp³-hybridized carbons (Fsp3) is 0.200. The van der Waals surface area contributed by atoms with Gasteiger partial charge in [-0.25, -0.2) is 0 Å². The number of rotatable bonds is 4. The Kier molecular flexibility index (Phi) is 5.77. The molecule has 0 amide bonds. The van der Waals surface area contributed by atoms with Crippen LogP contribution in [-0.4, -0.2) is 5.78 Å². The van der Waals surface area contributed by atoms with Crippen LogP contribution in [0, 0.1) is 12.0 Å². The van der Waals surface area contributed by atoms with E-state index in [1.807, 2.05) is 18.2 Å². The fourth-order valence-electron chi connectivity index (χ4n) is 3.12. The minimum Gasteiger partial charge on any atom is -0.301 e. The van der Waals surface area contributed by atoms with Crippen LogP contribution in [-0.2, 0) is 43.9 Å². The van der Waals surface area contributed by atoms with Gasteiger partial charge in [-0.15, -0.1) is 58.7 Å². The summed E-state index contributed by atoms with van der Waals surface area (Å²) in [6, 6.07) is 19.9. The molecule has 0 aliphatic heterocycles.